The van der Waals surface area contributed by atoms with Crippen molar-refractivity contribution in [2.45, 2.75) is 33.7 Å². The van der Waals surface area contributed by atoms with E-state index in [0.29, 0.717) is 0 Å². The first-order valence-corrected chi connectivity index (χ1v) is 8.50. The maximum Gasteiger partial charge on any atom is 0.255 e. The Bertz CT molecular complexity index is 1050. The van der Waals surface area contributed by atoms with E-state index in [1.165, 1.54) is 0 Å². The third-order valence-electron chi connectivity index (χ3n) is 4.49. The number of aromatic nitrogens is 4. The summed E-state index contributed by atoms with van der Waals surface area (Å²) in [5, 5.41) is 6.42. The van der Waals surface area contributed by atoms with Gasteiger partial charge in [-0.25, -0.2) is 22.0 Å². The molecule has 2 aromatic heterocycles. The van der Waals surface area contributed by atoms with Gasteiger partial charge in [0.05, 0.1) is 11.1 Å². The fraction of sp³-hybridized carbons (Fsp3) is 0.353. The molecule has 5 nitrogen and oxygen atoms in total. The summed E-state index contributed by atoms with van der Waals surface area (Å²) in [4.78, 5) is 7.71. The van der Waals surface area contributed by atoms with E-state index >= 15 is 0 Å². The molecular formula is C17H15ClF5N5. The summed E-state index contributed by atoms with van der Waals surface area (Å²) in [5.41, 5.74) is -2.05. The number of fused-ring (bicyclic) bond motifs is 1. The summed E-state index contributed by atoms with van der Waals surface area (Å²) in [6.45, 7) is 7.46. The highest BCUT2D eigenvalue weighted by molar-refractivity contribution is 6.33. The van der Waals surface area contributed by atoms with Gasteiger partial charge in [0.25, 0.3) is 5.78 Å². The van der Waals surface area contributed by atoms with Crippen LogP contribution in [0.4, 0.5) is 27.8 Å². The van der Waals surface area contributed by atoms with Crippen LogP contribution in [0.5, 0.6) is 0 Å². The molecule has 0 saturated carbocycles. The molecule has 1 aromatic carbocycles. The average Bonchev–Trinajstić information content (AvgIpc) is 3.07. The summed E-state index contributed by atoms with van der Waals surface area (Å²) >= 11 is 6.08. The zero-order valence-electron chi connectivity index (χ0n) is 15.2. The lowest BCUT2D eigenvalue weighted by atomic mass is 9.88. The topological polar surface area (TPSA) is 55.1 Å². The summed E-state index contributed by atoms with van der Waals surface area (Å²) in [5.74, 6) is -10.6. The van der Waals surface area contributed by atoms with Crippen LogP contribution >= 0.6 is 11.6 Å². The van der Waals surface area contributed by atoms with Crippen molar-refractivity contribution in [2.75, 3.05) is 5.32 Å². The van der Waals surface area contributed by atoms with Gasteiger partial charge >= 0.3 is 0 Å². The van der Waals surface area contributed by atoms with E-state index in [4.69, 9.17) is 11.6 Å². The minimum atomic E-state index is -2.26. The number of rotatable bonds is 3. The molecular weight excluding hydrogens is 405 g/mol. The van der Waals surface area contributed by atoms with Crippen molar-refractivity contribution in [3.63, 3.8) is 0 Å². The molecule has 0 spiro atoms. The van der Waals surface area contributed by atoms with E-state index in [-0.39, 0.29) is 23.1 Å². The highest BCUT2D eigenvalue weighted by Crippen LogP contribution is 2.40. The zero-order valence-corrected chi connectivity index (χ0v) is 16.0. The predicted molar refractivity (Wildman–Crippen MR) is 93.6 cm³/mol. The molecule has 1 atom stereocenters. The van der Waals surface area contributed by atoms with Crippen LogP contribution in [0.1, 0.15) is 27.7 Å². The SMILES string of the molecule is CC(Nc1c(-c2c(F)c(F)c(F)c(F)c2F)c(Cl)nc2ncnn12)C(C)(C)C. The molecule has 28 heavy (non-hydrogen) atoms. The molecule has 0 saturated heterocycles. The predicted octanol–water partition coefficient (Wildman–Crippen LogP) is 4.99. The largest absolute Gasteiger partial charge is 0.366 e. The van der Waals surface area contributed by atoms with Crippen LogP contribution in [0.15, 0.2) is 6.33 Å². The Morgan fingerprint density at radius 1 is 0.964 bits per heavy atom. The Morgan fingerprint density at radius 2 is 1.50 bits per heavy atom. The lowest BCUT2D eigenvalue weighted by Crippen LogP contribution is -2.32. The molecule has 0 fully saturated rings. The summed E-state index contributed by atoms with van der Waals surface area (Å²) in [6.07, 6.45) is 1.12. The van der Waals surface area contributed by atoms with Crippen LogP contribution in [-0.2, 0) is 0 Å². The molecule has 1 unspecified atom stereocenters. The van der Waals surface area contributed by atoms with E-state index in [1.54, 1.807) is 6.92 Å². The molecule has 0 aliphatic heterocycles. The van der Waals surface area contributed by atoms with E-state index in [0.717, 1.165) is 10.8 Å². The monoisotopic (exact) mass is 419 g/mol. The van der Waals surface area contributed by atoms with Crippen LogP contribution in [0.3, 0.4) is 0 Å². The number of hydrogen-bond donors (Lipinski definition) is 1. The molecule has 3 aromatic rings. The van der Waals surface area contributed by atoms with Gasteiger partial charge in [-0.3, -0.25) is 0 Å². The average molecular weight is 420 g/mol. The zero-order chi connectivity index (χ0) is 21.0. The smallest absolute Gasteiger partial charge is 0.255 e. The molecule has 0 aliphatic rings. The number of halogens is 6. The van der Waals surface area contributed by atoms with Crippen LogP contribution in [-0.4, -0.2) is 25.6 Å². The normalized spacial score (nSPS) is 13.2. The van der Waals surface area contributed by atoms with Crippen LogP contribution in [0.25, 0.3) is 16.9 Å². The number of anilines is 1. The number of nitrogens with one attached hydrogen (secondary N) is 1. The van der Waals surface area contributed by atoms with Gasteiger partial charge < -0.3 is 5.32 Å². The third kappa shape index (κ3) is 3.15. The maximum atomic E-state index is 14.5. The summed E-state index contributed by atoms with van der Waals surface area (Å²) in [7, 11) is 0. The van der Waals surface area contributed by atoms with Crippen LogP contribution < -0.4 is 5.32 Å². The van der Waals surface area contributed by atoms with Gasteiger partial charge in [0.1, 0.15) is 17.3 Å². The molecule has 2 heterocycles. The molecule has 0 bridgehead atoms. The Hall–Kier alpha value is -2.49. The minimum Gasteiger partial charge on any atom is -0.366 e. The first-order chi connectivity index (χ1) is 12.9. The van der Waals surface area contributed by atoms with E-state index < -0.39 is 45.4 Å². The van der Waals surface area contributed by atoms with Crippen molar-refractivity contribution < 1.29 is 22.0 Å². The second-order valence-corrected chi connectivity index (χ2v) is 7.63. The second kappa shape index (κ2) is 6.84. The van der Waals surface area contributed by atoms with E-state index in [1.807, 2.05) is 20.8 Å². The van der Waals surface area contributed by atoms with E-state index in [2.05, 4.69) is 20.4 Å². The minimum absolute atomic E-state index is 0.0127. The van der Waals surface area contributed by atoms with Crippen molar-refractivity contribution in [1.29, 1.82) is 0 Å². The van der Waals surface area contributed by atoms with Crippen LogP contribution in [0, 0.1) is 34.5 Å². The van der Waals surface area contributed by atoms with Gasteiger partial charge in [-0.05, 0) is 12.3 Å². The number of benzene rings is 1. The first kappa shape index (κ1) is 20.2. The number of nitrogens with zero attached hydrogens (tertiary/aromatic N) is 4. The molecule has 0 amide bonds. The molecule has 150 valence electrons. The van der Waals surface area contributed by atoms with Crippen molar-refractivity contribution in [1.82, 2.24) is 19.6 Å². The molecule has 3 rings (SSSR count). The molecule has 0 aliphatic carbocycles. The Balaban J connectivity index is 2.40. The Morgan fingerprint density at radius 3 is 2.04 bits per heavy atom. The van der Waals surface area contributed by atoms with Gasteiger partial charge in [0.2, 0.25) is 5.82 Å². The maximum absolute atomic E-state index is 14.5. The molecule has 1 N–H and O–H groups in total. The first-order valence-electron chi connectivity index (χ1n) is 8.12. The fourth-order valence-electron chi connectivity index (χ4n) is 2.42. The van der Waals surface area contributed by atoms with Crippen molar-refractivity contribution >= 4 is 23.2 Å². The van der Waals surface area contributed by atoms with Gasteiger partial charge in [-0.2, -0.15) is 19.6 Å². The van der Waals surface area contributed by atoms with Gasteiger partial charge in [-0.1, -0.05) is 32.4 Å². The molecule has 11 heteroatoms. The quantitative estimate of drug-likeness (QED) is 0.281. The van der Waals surface area contributed by atoms with Gasteiger partial charge in [0, 0.05) is 6.04 Å². The lowest BCUT2D eigenvalue weighted by Gasteiger charge is -2.30. The standard InChI is InChI=1S/C17H15ClF5N5/c1-6(17(2,3)4)26-15-8(14(18)27-16-24-5-25-28(15)16)7-9(19)11(21)13(23)12(22)10(7)20/h5-6,26H,1-4H3. The van der Waals surface area contributed by atoms with Crippen molar-refractivity contribution in [3.05, 3.63) is 40.6 Å². The van der Waals surface area contributed by atoms with Gasteiger partial charge in [0.15, 0.2) is 23.3 Å². The summed E-state index contributed by atoms with van der Waals surface area (Å²) in [6, 6.07) is -0.321. The fourth-order valence-corrected chi connectivity index (χ4v) is 2.68. The summed E-state index contributed by atoms with van der Waals surface area (Å²) < 4.78 is 71.0. The lowest BCUT2D eigenvalue weighted by molar-refractivity contribution is 0.358. The molecule has 0 radical (unpaired) electrons. The van der Waals surface area contributed by atoms with Crippen molar-refractivity contribution in [2.24, 2.45) is 5.41 Å². The van der Waals surface area contributed by atoms with Crippen molar-refractivity contribution in [3.8, 4) is 11.1 Å². The van der Waals surface area contributed by atoms with E-state index in [9.17, 15) is 22.0 Å². The third-order valence-corrected chi connectivity index (χ3v) is 4.77. The highest BCUT2D eigenvalue weighted by Gasteiger charge is 2.32. The number of hydrogen-bond acceptors (Lipinski definition) is 4. The highest BCUT2D eigenvalue weighted by atomic mass is 35.5. The Kier molecular flexibility index (Phi) is 4.95. The van der Waals surface area contributed by atoms with Crippen LogP contribution in [0.2, 0.25) is 5.15 Å². The van der Waals surface area contributed by atoms with Gasteiger partial charge in [-0.15, -0.1) is 0 Å². The Labute approximate surface area is 161 Å². The second-order valence-electron chi connectivity index (χ2n) is 7.28.